The van der Waals surface area contributed by atoms with Gasteiger partial charge in [-0.05, 0) is 29.8 Å². The van der Waals surface area contributed by atoms with Crippen molar-refractivity contribution in [1.29, 1.82) is 5.26 Å². The van der Waals surface area contributed by atoms with Crippen LogP contribution in [-0.2, 0) is 6.54 Å². The molecule has 1 aliphatic heterocycles. The standard InChI is InChI=1S/C19H22N4O/c20-15-18-3-1-2-4-19(18)24-14-13-22-9-11-23(12-10-22)16-17-5-7-21-8-6-17/h1-8H,9-14,16H2. The highest BCUT2D eigenvalue weighted by atomic mass is 16.5. The molecule has 0 N–H and O–H groups in total. The highest BCUT2D eigenvalue weighted by Crippen LogP contribution is 2.16. The van der Waals surface area contributed by atoms with Crippen LogP contribution in [0.15, 0.2) is 48.8 Å². The van der Waals surface area contributed by atoms with Crippen molar-refractivity contribution in [1.82, 2.24) is 14.8 Å². The molecule has 0 amide bonds. The van der Waals surface area contributed by atoms with Crippen LogP contribution in [-0.4, -0.2) is 54.1 Å². The van der Waals surface area contributed by atoms with E-state index in [4.69, 9.17) is 10.00 Å². The number of benzene rings is 1. The third-order valence-electron chi connectivity index (χ3n) is 4.29. The minimum Gasteiger partial charge on any atom is -0.491 e. The average molecular weight is 322 g/mol. The molecule has 0 bridgehead atoms. The van der Waals surface area contributed by atoms with Crippen LogP contribution in [0.3, 0.4) is 0 Å². The number of ether oxygens (including phenoxy) is 1. The Morgan fingerprint density at radius 3 is 2.46 bits per heavy atom. The molecule has 124 valence electrons. The highest BCUT2D eigenvalue weighted by molar-refractivity contribution is 5.42. The first-order chi connectivity index (χ1) is 11.8. The van der Waals surface area contributed by atoms with Gasteiger partial charge < -0.3 is 4.74 Å². The summed E-state index contributed by atoms with van der Waals surface area (Å²) < 4.78 is 5.77. The van der Waals surface area contributed by atoms with Crippen LogP contribution >= 0.6 is 0 Å². The Labute approximate surface area is 143 Å². The Morgan fingerprint density at radius 1 is 1.00 bits per heavy atom. The van der Waals surface area contributed by atoms with Crippen molar-refractivity contribution in [3.63, 3.8) is 0 Å². The zero-order valence-electron chi connectivity index (χ0n) is 13.8. The Balaban J connectivity index is 1.39. The summed E-state index contributed by atoms with van der Waals surface area (Å²) in [6.45, 7) is 6.73. The fraction of sp³-hybridized carbons (Fsp3) is 0.368. The number of hydrogen-bond donors (Lipinski definition) is 0. The van der Waals surface area contributed by atoms with Gasteiger partial charge in [-0.3, -0.25) is 14.8 Å². The van der Waals surface area contributed by atoms with E-state index in [2.05, 4.69) is 33.0 Å². The largest absolute Gasteiger partial charge is 0.491 e. The predicted molar refractivity (Wildman–Crippen MR) is 92.6 cm³/mol. The van der Waals surface area contributed by atoms with Crippen LogP contribution in [0, 0.1) is 11.3 Å². The molecule has 1 aromatic carbocycles. The fourth-order valence-electron chi connectivity index (χ4n) is 2.89. The van der Waals surface area contributed by atoms with Crippen molar-refractivity contribution in [2.75, 3.05) is 39.3 Å². The maximum atomic E-state index is 9.07. The van der Waals surface area contributed by atoms with E-state index in [1.54, 1.807) is 6.07 Å². The molecule has 3 rings (SSSR count). The van der Waals surface area contributed by atoms with Gasteiger partial charge in [-0.2, -0.15) is 5.26 Å². The van der Waals surface area contributed by atoms with E-state index in [1.165, 1.54) is 5.56 Å². The van der Waals surface area contributed by atoms with E-state index in [1.807, 2.05) is 30.6 Å². The van der Waals surface area contributed by atoms with Crippen LogP contribution in [0.4, 0.5) is 0 Å². The Hall–Kier alpha value is -2.42. The zero-order chi connectivity index (χ0) is 16.6. The smallest absolute Gasteiger partial charge is 0.137 e. The fourth-order valence-corrected chi connectivity index (χ4v) is 2.89. The highest BCUT2D eigenvalue weighted by Gasteiger charge is 2.16. The lowest BCUT2D eigenvalue weighted by Gasteiger charge is -2.34. The van der Waals surface area contributed by atoms with Gasteiger partial charge >= 0.3 is 0 Å². The summed E-state index contributed by atoms with van der Waals surface area (Å²) in [4.78, 5) is 8.95. The summed E-state index contributed by atoms with van der Waals surface area (Å²) in [5.41, 5.74) is 1.91. The topological polar surface area (TPSA) is 52.4 Å². The van der Waals surface area contributed by atoms with Crippen LogP contribution in [0.5, 0.6) is 5.75 Å². The van der Waals surface area contributed by atoms with E-state index in [0.717, 1.165) is 39.3 Å². The first kappa shape index (κ1) is 16.4. The van der Waals surface area contributed by atoms with E-state index in [-0.39, 0.29) is 0 Å². The first-order valence-corrected chi connectivity index (χ1v) is 8.31. The van der Waals surface area contributed by atoms with Crippen LogP contribution < -0.4 is 4.74 Å². The number of rotatable bonds is 6. The lowest BCUT2D eigenvalue weighted by molar-refractivity contribution is 0.112. The number of nitrogens with zero attached hydrogens (tertiary/aromatic N) is 4. The number of hydrogen-bond acceptors (Lipinski definition) is 5. The SMILES string of the molecule is N#Cc1ccccc1OCCN1CCN(Cc2ccncc2)CC1. The normalized spacial score (nSPS) is 15.8. The summed E-state index contributed by atoms with van der Waals surface area (Å²) >= 11 is 0. The van der Waals surface area contributed by atoms with Crippen molar-refractivity contribution in [3.05, 3.63) is 59.9 Å². The summed E-state index contributed by atoms with van der Waals surface area (Å²) in [5, 5.41) is 9.07. The quantitative estimate of drug-likeness (QED) is 0.816. The molecule has 0 saturated carbocycles. The summed E-state index contributed by atoms with van der Waals surface area (Å²) in [6, 6.07) is 13.7. The van der Waals surface area contributed by atoms with Crippen LogP contribution in [0.25, 0.3) is 0 Å². The molecule has 5 nitrogen and oxygen atoms in total. The molecule has 1 aromatic heterocycles. The zero-order valence-corrected chi connectivity index (χ0v) is 13.8. The van der Waals surface area contributed by atoms with E-state index in [0.29, 0.717) is 17.9 Å². The van der Waals surface area contributed by atoms with Gasteiger partial charge in [-0.1, -0.05) is 12.1 Å². The minimum absolute atomic E-state index is 0.597. The summed E-state index contributed by atoms with van der Waals surface area (Å²) in [7, 11) is 0. The second-order valence-electron chi connectivity index (χ2n) is 5.93. The monoisotopic (exact) mass is 322 g/mol. The molecular formula is C19H22N4O. The van der Waals surface area contributed by atoms with Crippen molar-refractivity contribution in [2.24, 2.45) is 0 Å². The van der Waals surface area contributed by atoms with Gasteiger partial charge in [0, 0.05) is 51.7 Å². The van der Waals surface area contributed by atoms with Crippen LogP contribution in [0.1, 0.15) is 11.1 Å². The Bertz CT molecular complexity index is 675. The minimum atomic E-state index is 0.597. The molecule has 0 spiro atoms. The van der Waals surface area contributed by atoms with Crippen molar-refractivity contribution in [3.8, 4) is 11.8 Å². The molecule has 24 heavy (non-hydrogen) atoms. The Kier molecular flexibility index (Phi) is 5.78. The number of piperazine rings is 1. The molecule has 5 heteroatoms. The molecule has 0 unspecified atom stereocenters. The van der Waals surface area contributed by atoms with Crippen LogP contribution in [0.2, 0.25) is 0 Å². The van der Waals surface area contributed by atoms with Crippen molar-refractivity contribution >= 4 is 0 Å². The van der Waals surface area contributed by atoms with Crippen molar-refractivity contribution in [2.45, 2.75) is 6.54 Å². The molecule has 2 aromatic rings. The number of nitriles is 1. The molecule has 0 radical (unpaired) electrons. The lowest BCUT2D eigenvalue weighted by Crippen LogP contribution is -2.47. The summed E-state index contributed by atoms with van der Waals surface area (Å²) in [5.74, 6) is 0.677. The molecule has 2 heterocycles. The maximum absolute atomic E-state index is 9.07. The molecule has 1 fully saturated rings. The number of aromatic nitrogens is 1. The molecule has 0 atom stereocenters. The number of pyridine rings is 1. The van der Waals surface area contributed by atoms with E-state index < -0.39 is 0 Å². The second-order valence-corrected chi connectivity index (χ2v) is 5.93. The van der Waals surface area contributed by atoms with E-state index >= 15 is 0 Å². The van der Waals surface area contributed by atoms with Gasteiger partial charge in [0.05, 0.1) is 5.56 Å². The van der Waals surface area contributed by atoms with Crippen molar-refractivity contribution < 1.29 is 4.74 Å². The molecule has 1 aliphatic rings. The van der Waals surface area contributed by atoms with Gasteiger partial charge in [-0.25, -0.2) is 0 Å². The average Bonchev–Trinajstić information content (AvgIpc) is 2.64. The molecule has 1 saturated heterocycles. The third-order valence-corrected chi connectivity index (χ3v) is 4.29. The predicted octanol–water partition coefficient (Wildman–Crippen LogP) is 2.15. The number of para-hydroxylation sites is 1. The molecule has 0 aliphatic carbocycles. The third kappa shape index (κ3) is 4.54. The van der Waals surface area contributed by atoms with Gasteiger partial charge in [0.2, 0.25) is 0 Å². The molecular weight excluding hydrogens is 300 g/mol. The van der Waals surface area contributed by atoms with Gasteiger partial charge in [0.25, 0.3) is 0 Å². The van der Waals surface area contributed by atoms with E-state index in [9.17, 15) is 0 Å². The van der Waals surface area contributed by atoms with Gasteiger partial charge in [-0.15, -0.1) is 0 Å². The second kappa shape index (κ2) is 8.44. The first-order valence-electron chi connectivity index (χ1n) is 8.31. The summed E-state index contributed by atoms with van der Waals surface area (Å²) in [6.07, 6.45) is 3.70. The van der Waals surface area contributed by atoms with Gasteiger partial charge in [0.1, 0.15) is 18.4 Å². The maximum Gasteiger partial charge on any atom is 0.137 e. The lowest BCUT2D eigenvalue weighted by atomic mass is 10.2. The Morgan fingerprint density at radius 2 is 1.71 bits per heavy atom. The van der Waals surface area contributed by atoms with Gasteiger partial charge in [0.15, 0.2) is 0 Å².